The molecule has 0 saturated heterocycles. The summed E-state index contributed by atoms with van der Waals surface area (Å²) in [5, 5.41) is 9.66. The summed E-state index contributed by atoms with van der Waals surface area (Å²) in [6.45, 7) is -0.375. The van der Waals surface area contributed by atoms with E-state index in [9.17, 15) is 4.39 Å². The van der Waals surface area contributed by atoms with E-state index < -0.39 is 5.95 Å². The third-order valence-electron chi connectivity index (χ3n) is 2.31. The van der Waals surface area contributed by atoms with Crippen LogP contribution in [-0.4, -0.2) is 10.1 Å². The molecule has 2 nitrogen and oxygen atoms in total. The standard InChI is InChI=1S/C12H8Cl2FNO/c13-9-3-1-7(5-10(9)14)11-4-2-8(6-17)12(15)16-11/h1-5,17H,6H2. The molecule has 0 spiro atoms. The Kier molecular flexibility index (Phi) is 3.62. The van der Waals surface area contributed by atoms with Gasteiger partial charge in [-0.15, -0.1) is 0 Å². The summed E-state index contributed by atoms with van der Waals surface area (Å²) in [6, 6.07) is 8.05. The van der Waals surface area contributed by atoms with Crippen molar-refractivity contribution in [2.24, 2.45) is 0 Å². The predicted molar refractivity (Wildman–Crippen MR) is 65.6 cm³/mol. The minimum atomic E-state index is -0.684. The molecule has 1 aromatic heterocycles. The van der Waals surface area contributed by atoms with E-state index in [2.05, 4.69) is 4.98 Å². The lowest BCUT2D eigenvalue weighted by Gasteiger charge is -2.04. The first-order valence-electron chi connectivity index (χ1n) is 4.83. The lowest BCUT2D eigenvalue weighted by atomic mass is 10.1. The van der Waals surface area contributed by atoms with Crippen LogP contribution < -0.4 is 0 Å². The zero-order valence-corrected chi connectivity index (χ0v) is 10.1. The molecule has 0 fully saturated rings. The number of aromatic nitrogens is 1. The van der Waals surface area contributed by atoms with E-state index in [1.165, 1.54) is 6.07 Å². The number of aliphatic hydroxyl groups is 1. The molecule has 0 atom stereocenters. The smallest absolute Gasteiger partial charge is 0.218 e. The van der Waals surface area contributed by atoms with Crippen LogP contribution in [0.5, 0.6) is 0 Å². The third-order valence-corrected chi connectivity index (χ3v) is 3.05. The summed E-state index contributed by atoms with van der Waals surface area (Å²) in [7, 11) is 0. The number of hydrogen-bond acceptors (Lipinski definition) is 2. The van der Waals surface area contributed by atoms with Crippen LogP contribution in [-0.2, 0) is 6.61 Å². The molecule has 1 aromatic carbocycles. The highest BCUT2D eigenvalue weighted by molar-refractivity contribution is 6.42. The van der Waals surface area contributed by atoms with E-state index in [0.29, 0.717) is 21.3 Å². The number of aliphatic hydroxyl groups excluding tert-OH is 1. The Balaban J connectivity index is 2.46. The topological polar surface area (TPSA) is 33.1 Å². The van der Waals surface area contributed by atoms with Crippen molar-refractivity contribution in [1.29, 1.82) is 0 Å². The van der Waals surface area contributed by atoms with Gasteiger partial charge in [0.25, 0.3) is 0 Å². The van der Waals surface area contributed by atoms with Gasteiger partial charge in [0.1, 0.15) is 0 Å². The molecule has 0 amide bonds. The Labute approximate surface area is 108 Å². The van der Waals surface area contributed by atoms with E-state index in [1.54, 1.807) is 24.3 Å². The van der Waals surface area contributed by atoms with Gasteiger partial charge in [-0.25, -0.2) is 4.98 Å². The Morgan fingerprint density at radius 2 is 1.88 bits per heavy atom. The third kappa shape index (κ3) is 2.57. The van der Waals surface area contributed by atoms with Crippen LogP contribution >= 0.6 is 23.2 Å². The van der Waals surface area contributed by atoms with Gasteiger partial charge in [-0.3, -0.25) is 0 Å². The molecular weight excluding hydrogens is 264 g/mol. The number of benzene rings is 1. The molecule has 0 aliphatic rings. The van der Waals surface area contributed by atoms with Crippen LogP contribution in [0.4, 0.5) is 4.39 Å². The van der Waals surface area contributed by atoms with Crippen molar-refractivity contribution in [1.82, 2.24) is 4.98 Å². The minimum absolute atomic E-state index is 0.161. The fraction of sp³-hybridized carbons (Fsp3) is 0.0833. The first kappa shape index (κ1) is 12.3. The van der Waals surface area contributed by atoms with Gasteiger partial charge in [0.05, 0.1) is 22.3 Å². The number of nitrogens with zero attached hydrogens (tertiary/aromatic N) is 1. The summed E-state index contributed by atoms with van der Waals surface area (Å²) in [6.07, 6.45) is 0. The monoisotopic (exact) mass is 271 g/mol. The predicted octanol–water partition coefficient (Wildman–Crippen LogP) is 3.69. The Morgan fingerprint density at radius 3 is 2.47 bits per heavy atom. The van der Waals surface area contributed by atoms with Crippen LogP contribution in [0.25, 0.3) is 11.3 Å². The summed E-state index contributed by atoms with van der Waals surface area (Å²) >= 11 is 11.7. The second-order valence-electron chi connectivity index (χ2n) is 3.43. The molecule has 2 aromatic rings. The molecule has 0 radical (unpaired) electrons. The summed E-state index contributed by atoms with van der Waals surface area (Å²) in [4.78, 5) is 3.76. The second-order valence-corrected chi connectivity index (χ2v) is 4.25. The normalized spacial score (nSPS) is 10.6. The van der Waals surface area contributed by atoms with Crippen molar-refractivity contribution in [2.45, 2.75) is 6.61 Å². The quantitative estimate of drug-likeness (QED) is 0.846. The first-order valence-corrected chi connectivity index (χ1v) is 5.59. The van der Waals surface area contributed by atoms with Crippen LogP contribution in [0.2, 0.25) is 10.0 Å². The maximum Gasteiger partial charge on any atom is 0.218 e. The van der Waals surface area contributed by atoms with Gasteiger partial charge in [0.15, 0.2) is 0 Å². The highest BCUT2D eigenvalue weighted by Crippen LogP contribution is 2.27. The highest BCUT2D eigenvalue weighted by atomic mass is 35.5. The van der Waals surface area contributed by atoms with Crippen molar-refractivity contribution in [3.05, 3.63) is 51.9 Å². The zero-order chi connectivity index (χ0) is 12.4. The van der Waals surface area contributed by atoms with Crippen LogP contribution in [0.15, 0.2) is 30.3 Å². The second kappa shape index (κ2) is 5.00. The summed E-state index contributed by atoms with van der Waals surface area (Å²) < 4.78 is 13.4. The van der Waals surface area contributed by atoms with Gasteiger partial charge in [0, 0.05) is 11.1 Å². The first-order chi connectivity index (χ1) is 8.11. The fourth-order valence-corrected chi connectivity index (χ4v) is 1.70. The fourth-order valence-electron chi connectivity index (χ4n) is 1.40. The van der Waals surface area contributed by atoms with Crippen molar-refractivity contribution >= 4 is 23.2 Å². The highest BCUT2D eigenvalue weighted by Gasteiger charge is 2.07. The Morgan fingerprint density at radius 1 is 1.12 bits per heavy atom. The van der Waals surface area contributed by atoms with Gasteiger partial charge in [-0.2, -0.15) is 4.39 Å². The van der Waals surface area contributed by atoms with Crippen LogP contribution in [0.1, 0.15) is 5.56 Å². The molecule has 2 rings (SSSR count). The lowest BCUT2D eigenvalue weighted by Crippen LogP contribution is -1.95. The molecule has 0 saturated carbocycles. The van der Waals surface area contributed by atoms with Crippen molar-refractivity contribution in [3.63, 3.8) is 0 Å². The Bertz CT molecular complexity index is 560. The lowest BCUT2D eigenvalue weighted by molar-refractivity contribution is 0.274. The van der Waals surface area contributed by atoms with Gasteiger partial charge in [0.2, 0.25) is 5.95 Å². The molecule has 17 heavy (non-hydrogen) atoms. The molecule has 0 aliphatic carbocycles. The van der Waals surface area contributed by atoms with Crippen LogP contribution in [0, 0.1) is 5.95 Å². The number of pyridine rings is 1. The maximum absolute atomic E-state index is 13.4. The van der Waals surface area contributed by atoms with Crippen LogP contribution in [0.3, 0.4) is 0 Å². The average molecular weight is 272 g/mol. The number of halogens is 3. The van der Waals surface area contributed by atoms with E-state index in [0.717, 1.165) is 0 Å². The largest absolute Gasteiger partial charge is 0.392 e. The van der Waals surface area contributed by atoms with E-state index >= 15 is 0 Å². The average Bonchev–Trinajstić information content (AvgIpc) is 2.32. The van der Waals surface area contributed by atoms with Crippen molar-refractivity contribution < 1.29 is 9.50 Å². The zero-order valence-electron chi connectivity index (χ0n) is 8.62. The molecule has 0 bridgehead atoms. The number of hydrogen-bond donors (Lipinski definition) is 1. The summed E-state index contributed by atoms with van der Waals surface area (Å²) in [5.41, 5.74) is 1.27. The molecule has 1 heterocycles. The molecular formula is C12H8Cl2FNO. The molecule has 0 aliphatic heterocycles. The molecule has 0 unspecified atom stereocenters. The van der Waals surface area contributed by atoms with Crippen molar-refractivity contribution in [3.8, 4) is 11.3 Å². The van der Waals surface area contributed by atoms with E-state index in [-0.39, 0.29) is 12.2 Å². The molecule has 5 heteroatoms. The van der Waals surface area contributed by atoms with Gasteiger partial charge < -0.3 is 5.11 Å². The Hall–Kier alpha value is -1.16. The minimum Gasteiger partial charge on any atom is -0.392 e. The number of rotatable bonds is 2. The maximum atomic E-state index is 13.4. The van der Waals surface area contributed by atoms with Gasteiger partial charge >= 0.3 is 0 Å². The van der Waals surface area contributed by atoms with Gasteiger partial charge in [-0.1, -0.05) is 29.3 Å². The molecule has 88 valence electrons. The molecule has 1 N–H and O–H groups in total. The van der Waals surface area contributed by atoms with E-state index in [1.807, 2.05) is 0 Å². The van der Waals surface area contributed by atoms with Gasteiger partial charge in [-0.05, 0) is 24.3 Å². The summed E-state index contributed by atoms with van der Waals surface area (Å²) in [5.74, 6) is -0.684. The SMILES string of the molecule is OCc1ccc(-c2ccc(Cl)c(Cl)c2)nc1F. The van der Waals surface area contributed by atoms with Crippen molar-refractivity contribution in [2.75, 3.05) is 0 Å². The van der Waals surface area contributed by atoms with E-state index in [4.69, 9.17) is 28.3 Å².